The van der Waals surface area contributed by atoms with Gasteiger partial charge in [0.1, 0.15) is 17.6 Å². The molecular formula is C17H17N3OS. The zero-order valence-corrected chi connectivity index (χ0v) is 13.1. The standard InChI is InChI=1S/C17H17N3OS/c18-12-13-2-1-3-16(19-13)20-8-6-17(7-9-20)14-5-11-22-15(14)4-10-21-17/h1-3,5,11H,4,6-10H2. The summed E-state index contributed by atoms with van der Waals surface area (Å²) in [6.45, 7) is 2.66. The summed E-state index contributed by atoms with van der Waals surface area (Å²) in [4.78, 5) is 8.16. The monoisotopic (exact) mass is 311 g/mol. The summed E-state index contributed by atoms with van der Waals surface area (Å²) in [7, 11) is 0. The molecule has 1 saturated heterocycles. The van der Waals surface area contributed by atoms with Gasteiger partial charge in [-0.1, -0.05) is 6.07 Å². The van der Waals surface area contributed by atoms with E-state index in [4.69, 9.17) is 10.00 Å². The lowest BCUT2D eigenvalue weighted by molar-refractivity contribution is -0.0757. The average Bonchev–Trinajstić information content (AvgIpc) is 3.06. The van der Waals surface area contributed by atoms with Crippen LogP contribution in [0.1, 0.15) is 29.0 Å². The van der Waals surface area contributed by atoms with Crippen LogP contribution in [0.3, 0.4) is 0 Å². The number of anilines is 1. The van der Waals surface area contributed by atoms with Crippen LogP contribution in [-0.4, -0.2) is 24.7 Å². The van der Waals surface area contributed by atoms with E-state index >= 15 is 0 Å². The Morgan fingerprint density at radius 1 is 1.27 bits per heavy atom. The first-order chi connectivity index (χ1) is 10.8. The third kappa shape index (κ3) is 2.20. The molecule has 2 aliphatic rings. The van der Waals surface area contributed by atoms with Crippen molar-refractivity contribution in [2.75, 3.05) is 24.6 Å². The number of nitriles is 1. The van der Waals surface area contributed by atoms with Gasteiger partial charge >= 0.3 is 0 Å². The van der Waals surface area contributed by atoms with Gasteiger partial charge in [0.2, 0.25) is 0 Å². The van der Waals surface area contributed by atoms with Crippen molar-refractivity contribution < 1.29 is 4.74 Å². The zero-order valence-electron chi connectivity index (χ0n) is 12.3. The van der Waals surface area contributed by atoms with Gasteiger partial charge in [-0.05, 0) is 42.0 Å². The van der Waals surface area contributed by atoms with E-state index in [0.717, 1.165) is 44.8 Å². The Labute approximate surface area is 134 Å². The lowest BCUT2D eigenvalue weighted by atomic mass is 9.82. The zero-order chi connectivity index (χ0) is 15.0. The number of thiophene rings is 1. The lowest BCUT2D eigenvalue weighted by Crippen LogP contribution is -2.46. The fourth-order valence-corrected chi connectivity index (χ4v) is 4.48. The highest BCUT2D eigenvalue weighted by atomic mass is 32.1. The predicted octanol–water partition coefficient (Wildman–Crippen LogP) is 3.08. The van der Waals surface area contributed by atoms with Gasteiger partial charge in [0.15, 0.2) is 0 Å². The Hall–Kier alpha value is -1.90. The molecule has 5 heteroatoms. The lowest BCUT2D eigenvalue weighted by Gasteiger charge is -2.44. The number of aromatic nitrogens is 1. The van der Waals surface area contributed by atoms with E-state index in [2.05, 4.69) is 27.4 Å². The average molecular weight is 311 g/mol. The van der Waals surface area contributed by atoms with Crippen LogP contribution in [0.5, 0.6) is 0 Å². The number of ether oxygens (including phenoxy) is 1. The molecule has 4 nitrogen and oxygen atoms in total. The topological polar surface area (TPSA) is 49.2 Å². The number of fused-ring (bicyclic) bond motifs is 2. The Bertz CT molecular complexity index is 726. The van der Waals surface area contributed by atoms with Crippen molar-refractivity contribution in [3.05, 3.63) is 45.8 Å². The van der Waals surface area contributed by atoms with E-state index in [0.29, 0.717) is 5.69 Å². The van der Waals surface area contributed by atoms with Crippen LogP contribution in [0, 0.1) is 11.3 Å². The molecule has 4 heterocycles. The smallest absolute Gasteiger partial charge is 0.142 e. The molecule has 1 spiro atoms. The highest BCUT2D eigenvalue weighted by Crippen LogP contribution is 2.43. The van der Waals surface area contributed by atoms with Crippen LogP contribution in [-0.2, 0) is 16.8 Å². The molecule has 0 bridgehead atoms. The van der Waals surface area contributed by atoms with Crippen LogP contribution in [0.15, 0.2) is 29.6 Å². The van der Waals surface area contributed by atoms with Crippen molar-refractivity contribution in [3.63, 3.8) is 0 Å². The van der Waals surface area contributed by atoms with Gasteiger partial charge in [0, 0.05) is 24.4 Å². The van der Waals surface area contributed by atoms with E-state index in [-0.39, 0.29) is 5.60 Å². The molecule has 0 atom stereocenters. The Morgan fingerprint density at radius 3 is 2.95 bits per heavy atom. The minimum absolute atomic E-state index is 0.100. The molecular weight excluding hydrogens is 294 g/mol. The van der Waals surface area contributed by atoms with Gasteiger partial charge in [-0.3, -0.25) is 0 Å². The molecule has 2 aliphatic heterocycles. The SMILES string of the molecule is N#Cc1cccc(N2CCC3(CC2)OCCc2sccc23)n1. The minimum Gasteiger partial charge on any atom is -0.370 e. The molecule has 0 radical (unpaired) electrons. The maximum Gasteiger partial charge on any atom is 0.142 e. The summed E-state index contributed by atoms with van der Waals surface area (Å²) < 4.78 is 6.23. The Kier molecular flexibility index (Phi) is 3.36. The van der Waals surface area contributed by atoms with E-state index in [1.807, 2.05) is 23.5 Å². The summed E-state index contributed by atoms with van der Waals surface area (Å²) in [5.74, 6) is 0.898. The van der Waals surface area contributed by atoms with Gasteiger partial charge in [-0.25, -0.2) is 4.98 Å². The van der Waals surface area contributed by atoms with Gasteiger partial charge in [-0.15, -0.1) is 11.3 Å². The van der Waals surface area contributed by atoms with Gasteiger partial charge in [0.05, 0.1) is 12.2 Å². The molecule has 112 valence electrons. The summed E-state index contributed by atoms with van der Waals surface area (Å²) in [6, 6.07) is 9.98. The fourth-order valence-electron chi connectivity index (χ4n) is 3.53. The molecule has 0 aliphatic carbocycles. The molecule has 0 N–H and O–H groups in total. The molecule has 0 saturated carbocycles. The van der Waals surface area contributed by atoms with E-state index in [1.165, 1.54) is 10.4 Å². The predicted molar refractivity (Wildman–Crippen MR) is 86.1 cm³/mol. The fraction of sp³-hybridized carbons (Fsp3) is 0.412. The van der Waals surface area contributed by atoms with Gasteiger partial charge in [-0.2, -0.15) is 5.26 Å². The van der Waals surface area contributed by atoms with Crippen molar-refractivity contribution in [2.45, 2.75) is 24.9 Å². The third-order valence-electron chi connectivity index (χ3n) is 4.69. The van der Waals surface area contributed by atoms with E-state index < -0.39 is 0 Å². The second-order valence-electron chi connectivity index (χ2n) is 5.83. The molecule has 0 aromatic carbocycles. The van der Waals surface area contributed by atoms with Gasteiger partial charge in [0.25, 0.3) is 0 Å². The van der Waals surface area contributed by atoms with Crippen LogP contribution < -0.4 is 4.90 Å². The number of hydrogen-bond donors (Lipinski definition) is 0. The molecule has 1 fully saturated rings. The van der Waals surface area contributed by atoms with Crippen LogP contribution >= 0.6 is 11.3 Å². The minimum atomic E-state index is -0.100. The second kappa shape index (κ2) is 5.38. The number of nitrogens with zero attached hydrogens (tertiary/aromatic N) is 3. The first kappa shape index (κ1) is 13.7. The normalized spacial score (nSPS) is 19.7. The second-order valence-corrected chi connectivity index (χ2v) is 6.83. The molecule has 2 aromatic heterocycles. The third-order valence-corrected chi connectivity index (χ3v) is 5.67. The summed E-state index contributed by atoms with van der Waals surface area (Å²) in [5, 5.41) is 11.2. The molecule has 22 heavy (non-hydrogen) atoms. The van der Waals surface area contributed by atoms with Crippen LogP contribution in [0.25, 0.3) is 0 Å². The highest BCUT2D eigenvalue weighted by Gasteiger charge is 2.41. The molecule has 2 aromatic rings. The number of hydrogen-bond acceptors (Lipinski definition) is 5. The largest absolute Gasteiger partial charge is 0.370 e. The number of rotatable bonds is 1. The van der Waals surface area contributed by atoms with Crippen LogP contribution in [0.4, 0.5) is 5.82 Å². The Balaban J connectivity index is 1.55. The first-order valence-corrected chi connectivity index (χ1v) is 8.52. The van der Waals surface area contributed by atoms with Crippen molar-refractivity contribution >= 4 is 17.2 Å². The quantitative estimate of drug-likeness (QED) is 0.812. The van der Waals surface area contributed by atoms with E-state index in [9.17, 15) is 0 Å². The number of piperidine rings is 1. The van der Waals surface area contributed by atoms with E-state index in [1.54, 1.807) is 6.07 Å². The summed E-state index contributed by atoms with van der Waals surface area (Å²) >= 11 is 1.85. The van der Waals surface area contributed by atoms with Crippen molar-refractivity contribution in [1.29, 1.82) is 5.26 Å². The molecule has 4 rings (SSSR count). The van der Waals surface area contributed by atoms with Crippen molar-refractivity contribution in [1.82, 2.24) is 4.98 Å². The van der Waals surface area contributed by atoms with Crippen molar-refractivity contribution in [2.24, 2.45) is 0 Å². The summed E-state index contributed by atoms with van der Waals surface area (Å²) in [6.07, 6.45) is 3.01. The molecule has 0 unspecified atom stereocenters. The first-order valence-electron chi connectivity index (χ1n) is 7.64. The maximum atomic E-state index is 8.99. The van der Waals surface area contributed by atoms with Crippen molar-refractivity contribution in [3.8, 4) is 6.07 Å². The molecule has 0 amide bonds. The highest BCUT2D eigenvalue weighted by molar-refractivity contribution is 7.10. The van der Waals surface area contributed by atoms with Crippen LogP contribution in [0.2, 0.25) is 0 Å². The Morgan fingerprint density at radius 2 is 2.14 bits per heavy atom. The number of pyridine rings is 1. The summed E-state index contributed by atoms with van der Waals surface area (Å²) in [5.41, 5.74) is 1.78. The van der Waals surface area contributed by atoms with Gasteiger partial charge < -0.3 is 9.64 Å². The maximum absolute atomic E-state index is 8.99.